The summed E-state index contributed by atoms with van der Waals surface area (Å²) in [5.41, 5.74) is 2.66. The number of benzene rings is 1. The molecule has 0 fully saturated rings. The second-order valence-electron chi connectivity index (χ2n) is 4.72. The Balaban J connectivity index is 1.71. The number of amides is 1. The molecule has 0 aliphatic carbocycles. The molecule has 1 aliphatic heterocycles. The Morgan fingerprint density at radius 1 is 1.47 bits per heavy atom. The van der Waals surface area contributed by atoms with Crippen LogP contribution in [-0.4, -0.2) is 22.7 Å². The maximum atomic E-state index is 12.2. The molecule has 0 radical (unpaired) electrons. The van der Waals surface area contributed by atoms with E-state index in [1.807, 2.05) is 31.2 Å². The lowest BCUT2D eigenvalue weighted by Gasteiger charge is -2.24. The average Bonchev–Trinajstić information content (AvgIpc) is 2.84. The van der Waals surface area contributed by atoms with E-state index in [4.69, 9.17) is 4.74 Å². The normalized spacial score (nSPS) is 17.4. The Labute approximate surface area is 111 Å². The minimum Gasteiger partial charge on any atom is -0.492 e. The van der Waals surface area contributed by atoms with Gasteiger partial charge in [0, 0.05) is 0 Å². The van der Waals surface area contributed by atoms with Crippen molar-refractivity contribution in [2.45, 2.75) is 13.3 Å². The van der Waals surface area contributed by atoms with Crippen LogP contribution in [0, 0.1) is 12.8 Å². The Kier molecular flexibility index (Phi) is 2.95. The minimum atomic E-state index is -0.163. The number of nitrogens with zero attached hydrogens (tertiary/aromatic N) is 1. The lowest BCUT2D eigenvalue weighted by atomic mass is 9.96. The van der Waals surface area contributed by atoms with Crippen LogP contribution in [0.2, 0.25) is 0 Å². The number of carbonyl (C=O) groups is 1. The topological polar surface area (TPSA) is 67.0 Å². The summed E-state index contributed by atoms with van der Waals surface area (Å²) in [5, 5.41) is 9.56. The summed E-state index contributed by atoms with van der Waals surface area (Å²) in [7, 11) is 0. The van der Waals surface area contributed by atoms with Crippen LogP contribution in [0.3, 0.4) is 0 Å². The van der Waals surface area contributed by atoms with Crippen LogP contribution in [0.15, 0.2) is 30.5 Å². The minimum absolute atomic E-state index is 0.0287. The predicted octanol–water partition coefficient (Wildman–Crippen LogP) is 1.91. The largest absolute Gasteiger partial charge is 0.492 e. The number of aryl methyl sites for hydroxylation is 1. The van der Waals surface area contributed by atoms with Gasteiger partial charge in [0.05, 0.1) is 23.5 Å². The van der Waals surface area contributed by atoms with Crippen LogP contribution in [0.25, 0.3) is 0 Å². The molecule has 1 aromatic heterocycles. The van der Waals surface area contributed by atoms with E-state index in [0.717, 1.165) is 22.7 Å². The number of fused-ring (bicyclic) bond motifs is 1. The molecule has 5 heteroatoms. The molecule has 5 nitrogen and oxygen atoms in total. The number of carbonyl (C=O) groups excluding carboxylic acids is 1. The first-order chi connectivity index (χ1) is 9.24. The number of anilines is 1. The smallest absolute Gasteiger partial charge is 0.231 e. The fraction of sp³-hybridized carbons (Fsp3) is 0.286. The summed E-state index contributed by atoms with van der Waals surface area (Å²) in [4.78, 5) is 12.2. The number of aromatic nitrogens is 2. The Morgan fingerprint density at radius 3 is 3.11 bits per heavy atom. The zero-order valence-corrected chi connectivity index (χ0v) is 10.6. The fourth-order valence-corrected chi connectivity index (χ4v) is 2.21. The molecule has 1 atom stereocenters. The van der Waals surface area contributed by atoms with Gasteiger partial charge in [-0.2, -0.15) is 5.10 Å². The van der Waals surface area contributed by atoms with E-state index in [-0.39, 0.29) is 11.8 Å². The maximum absolute atomic E-state index is 12.2. The zero-order valence-electron chi connectivity index (χ0n) is 10.6. The monoisotopic (exact) mass is 257 g/mol. The summed E-state index contributed by atoms with van der Waals surface area (Å²) < 4.78 is 5.62. The van der Waals surface area contributed by atoms with Gasteiger partial charge in [-0.05, 0) is 25.0 Å². The van der Waals surface area contributed by atoms with Crippen LogP contribution in [0.5, 0.6) is 5.75 Å². The Morgan fingerprint density at radius 2 is 2.32 bits per heavy atom. The second-order valence-corrected chi connectivity index (χ2v) is 4.72. The third-order valence-corrected chi connectivity index (χ3v) is 3.34. The van der Waals surface area contributed by atoms with Gasteiger partial charge in [-0.3, -0.25) is 9.89 Å². The summed E-state index contributed by atoms with van der Waals surface area (Å²) in [6, 6.07) is 7.83. The van der Waals surface area contributed by atoms with Gasteiger partial charge in [0.25, 0.3) is 0 Å². The summed E-state index contributed by atoms with van der Waals surface area (Å²) >= 11 is 0. The molecule has 0 spiro atoms. The number of ether oxygens (including phenoxy) is 1. The molecular weight excluding hydrogens is 242 g/mol. The van der Waals surface area contributed by atoms with E-state index in [1.54, 1.807) is 6.20 Å². The first-order valence-corrected chi connectivity index (χ1v) is 6.25. The maximum Gasteiger partial charge on any atom is 0.231 e. The van der Waals surface area contributed by atoms with Gasteiger partial charge in [0.15, 0.2) is 0 Å². The van der Waals surface area contributed by atoms with Crippen molar-refractivity contribution in [2.24, 2.45) is 5.92 Å². The van der Waals surface area contributed by atoms with Gasteiger partial charge in [0.2, 0.25) is 5.91 Å². The van der Waals surface area contributed by atoms with E-state index in [9.17, 15) is 4.79 Å². The molecule has 2 aromatic rings. The molecule has 2 heterocycles. The molecule has 19 heavy (non-hydrogen) atoms. The second kappa shape index (κ2) is 4.76. The molecule has 1 unspecified atom stereocenters. The van der Waals surface area contributed by atoms with Crippen molar-refractivity contribution in [2.75, 3.05) is 11.9 Å². The fourth-order valence-electron chi connectivity index (χ4n) is 2.21. The third-order valence-electron chi connectivity index (χ3n) is 3.34. The van der Waals surface area contributed by atoms with E-state index in [1.165, 1.54) is 0 Å². The number of nitrogens with one attached hydrogen (secondary N) is 2. The molecular formula is C14H15N3O2. The highest BCUT2D eigenvalue weighted by Gasteiger charge is 2.26. The highest BCUT2D eigenvalue weighted by atomic mass is 16.5. The van der Waals surface area contributed by atoms with Crippen LogP contribution in [-0.2, 0) is 11.2 Å². The van der Waals surface area contributed by atoms with Gasteiger partial charge >= 0.3 is 0 Å². The lowest BCUT2D eigenvalue weighted by molar-refractivity contribution is -0.121. The highest BCUT2D eigenvalue weighted by Crippen LogP contribution is 2.27. The molecule has 0 bridgehead atoms. The molecule has 98 valence electrons. The lowest BCUT2D eigenvalue weighted by Crippen LogP contribution is -2.32. The number of hydrogen-bond acceptors (Lipinski definition) is 3. The highest BCUT2D eigenvalue weighted by molar-refractivity contribution is 5.93. The zero-order chi connectivity index (χ0) is 13.2. The molecule has 1 amide bonds. The summed E-state index contributed by atoms with van der Waals surface area (Å²) in [5.74, 6) is 0.689. The first-order valence-electron chi connectivity index (χ1n) is 6.25. The summed E-state index contributed by atoms with van der Waals surface area (Å²) in [6.07, 6.45) is 2.32. The van der Waals surface area contributed by atoms with Gasteiger partial charge in [0.1, 0.15) is 12.4 Å². The van der Waals surface area contributed by atoms with Crippen LogP contribution < -0.4 is 10.1 Å². The Bertz CT molecular complexity index is 606. The Hall–Kier alpha value is -2.30. The number of aromatic amines is 1. The van der Waals surface area contributed by atoms with Gasteiger partial charge in [-0.25, -0.2) is 0 Å². The number of para-hydroxylation sites is 1. The number of rotatable bonds is 2. The van der Waals surface area contributed by atoms with Crippen molar-refractivity contribution in [3.8, 4) is 5.75 Å². The summed E-state index contributed by atoms with van der Waals surface area (Å²) in [6.45, 7) is 2.29. The molecule has 0 saturated heterocycles. The van der Waals surface area contributed by atoms with Crippen LogP contribution in [0.1, 0.15) is 11.3 Å². The molecule has 1 aromatic carbocycles. The van der Waals surface area contributed by atoms with Crippen molar-refractivity contribution < 1.29 is 9.53 Å². The molecule has 3 rings (SSSR count). The molecule has 2 N–H and O–H groups in total. The third kappa shape index (κ3) is 2.31. The SMILES string of the molecule is Cc1[nH]ncc1NC(=O)C1COc2ccccc2C1. The first kappa shape index (κ1) is 11.8. The van der Waals surface area contributed by atoms with E-state index in [0.29, 0.717) is 13.0 Å². The van der Waals surface area contributed by atoms with Crippen molar-refractivity contribution in [1.29, 1.82) is 0 Å². The van der Waals surface area contributed by atoms with Crippen molar-refractivity contribution in [3.63, 3.8) is 0 Å². The predicted molar refractivity (Wildman–Crippen MR) is 71.1 cm³/mol. The van der Waals surface area contributed by atoms with Crippen molar-refractivity contribution in [3.05, 3.63) is 41.7 Å². The van der Waals surface area contributed by atoms with Gasteiger partial charge in [-0.15, -0.1) is 0 Å². The van der Waals surface area contributed by atoms with Crippen molar-refractivity contribution >= 4 is 11.6 Å². The van der Waals surface area contributed by atoms with Gasteiger partial charge < -0.3 is 10.1 Å². The number of hydrogen-bond donors (Lipinski definition) is 2. The standard InChI is InChI=1S/C14H15N3O2/c1-9-12(7-15-17-9)16-14(18)11-6-10-4-2-3-5-13(10)19-8-11/h2-5,7,11H,6,8H2,1H3,(H,15,17)(H,16,18). The van der Waals surface area contributed by atoms with Crippen LogP contribution in [0.4, 0.5) is 5.69 Å². The average molecular weight is 257 g/mol. The van der Waals surface area contributed by atoms with Crippen LogP contribution >= 0.6 is 0 Å². The van der Waals surface area contributed by atoms with E-state index in [2.05, 4.69) is 15.5 Å². The van der Waals surface area contributed by atoms with E-state index >= 15 is 0 Å². The van der Waals surface area contributed by atoms with Crippen molar-refractivity contribution in [1.82, 2.24) is 10.2 Å². The number of H-pyrrole nitrogens is 1. The molecule has 1 aliphatic rings. The van der Waals surface area contributed by atoms with E-state index < -0.39 is 0 Å². The quantitative estimate of drug-likeness (QED) is 0.863. The molecule has 0 saturated carbocycles. The van der Waals surface area contributed by atoms with Gasteiger partial charge in [-0.1, -0.05) is 18.2 Å².